The number of phenolic OH excluding ortho intramolecular Hbond substituents is 3. The summed E-state index contributed by atoms with van der Waals surface area (Å²) in [5, 5.41) is 66.8. The van der Waals surface area contributed by atoms with Crippen LogP contribution in [0.15, 0.2) is 41.2 Å². The summed E-state index contributed by atoms with van der Waals surface area (Å²) in [5.41, 5.74) is -0.350. The number of nitrogens with one attached hydrogen (secondary N) is 1. The molecular formula is C43H58N4O12. The number of hydrogen-bond donors (Lipinski definition) is 6. The summed E-state index contributed by atoms with van der Waals surface area (Å²) in [7, 11) is 3.42. The molecule has 0 aromatic heterocycles. The number of rotatable bonds is 4. The van der Waals surface area contributed by atoms with Crippen LogP contribution in [0.1, 0.15) is 70.0 Å². The van der Waals surface area contributed by atoms with Gasteiger partial charge in [0.15, 0.2) is 5.75 Å². The Bertz CT molecular complexity index is 2070. The lowest BCUT2D eigenvalue weighted by atomic mass is 9.78. The molecule has 322 valence electrons. The van der Waals surface area contributed by atoms with Crippen LogP contribution in [-0.2, 0) is 23.8 Å². The summed E-state index contributed by atoms with van der Waals surface area (Å²) in [4.78, 5) is 42.6. The van der Waals surface area contributed by atoms with Crippen molar-refractivity contribution in [3.8, 4) is 23.0 Å². The summed E-state index contributed by atoms with van der Waals surface area (Å²) in [6.07, 6.45) is 4.86. The Morgan fingerprint density at radius 3 is 2.24 bits per heavy atom. The number of aliphatic hydroxyl groups excluding tert-OH is 2. The Balaban J connectivity index is 1.70. The van der Waals surface area contributed by atoms with E-state index in [1.165, 1.54) is 59.4 Å². The fourth-order valence-electron chi connectivity index (χ4n) is 7.92. The number of carbonyl (C=O) groups excluding carboxylic acids is 3. The van der Waals surface area contributed by atoms with Gasteiger partial charge in [0, 0.05) is 87.3 Å². The number of nitrogens with zero attached hydrogens (tertiary/aromatic N) is 3. The van der Waals surface area contributed by atoms with E-state index < -0.39 is 88.8 Å². The fraction of sp³-hybridized carbons (Fsp3) is 0.535. The second-order valence-corrected chi connectivity index (χ2v) is 16.1. The molecule has 4 heterocycles. The molecule has 1 amide bonds. The molecule has 1 fully saturated rings. The molecule has 0 radical (unpaired) electrons. The van der Waals surface area contributed by atoms with Crippen molar-refractivity contribution < 1.29 is 58.9 Å². The number of ether oxygens (including phenoxy) is 4. The van der Waals surface area contributed by atoms with Crippen molar-refractivity contribution in [2.24, 2.45) is 28.8 Å². The van der Waals surface area contributed by atoms with Gasteiger partial charge in [0.2, 0.25) is 0 Å². The number of methoxy groups -OCH3 is 1. The number of likely N-dealkylation sites (N-methyl/N-ethyl adjacent to an activating group) is 1. The molecule has 0 unspecified atom stereocenters. The standard InChI is InChI=1S/C43H58N4O12/c1-21-12-11-13-22(2)42(55)45-33-28(20-44-47-17-15-46(9)16-18-47)37(52)30-31(38(33)53)36(51)26(6)40-32(30)41(54)43(8,59-40)57-19-14-29(56-10)23(3)39(58-27(7)48)25(5)35(50)24(4)34(21)49/h11-14,19-21,23-25,29,34-35,39,49-53H,15-18H2,1-10H3,(H,45,55)/b12-11+,19-14+,22-13-,44-20-/t21-,23+,24-,25-,29+,34-,35-,39-,43-/m0/s1. The van der Waals surface area contributed by atoms with Gasteiger partial charge in [-0.15, -0.1) is 0 Å². The smallest absolute Gasteiger partial charge is 0.312 e. The molecule has 0 spiro atoms. The Kier molecular flexibility index (Phi) is 13.7. The molecule has 1 saturated heterocycles. The highest BCUT2D eigenvalue weighted by molar-refractivity contribution is 6.23. The molecule has 2 aromatic rings. The van der Waals surface area contributed by atoms with E-state index in [0.29, 0.717) is 13.1 Å². The average molecular weight is 823 g/mol. The number of aliphatic hydroxyl groups is 2. The Morgan fingerprint density at radius 2 is 1.61 bits per heavy atom. The molecule has 6 rings (SSSR count). The molecule has 16 nitrogen and oxygen atoms in total. The first-order valence-electron chi connectivity index (χ1n) is 19.8. The third kappa shape index (κ3) is 8.91. The number of hydrazone groups is 1. The van der Waals surface area contributed by atoms with Gasteiger partial charge in [-0.05, 0) is 27.0 Å². The maximum absolute atomic E-state index is 14.4. The van der Waals surface area contributed by atoms with Crippen LogP contribution in [0.4, 0.5) is 5.69 Å². The number of aromatic hydroxyl groups is 3. The van der Waals surface area contributed by atoms with Crippen LogP contribution in [0.25, 0.3) is 10.8 Å². The number of Topliss-reactive ketones (excluding diaryl/α,β-unsaturated/α-hetero) is 1. The van der Waals surface area contributed by atoms with Gasteiger partial charge >= 0.3 is 11.8 Å². The quantitative estimate of drug-likeness (QED) is 0.109. The summed E-state index contributed by atoms with van der Waals surface area (Å²) < 4.78 is 23.6. The number of carbonyl (C=O) groups is 3. The number of esters is 1. The molecule has 4 aliphatic heterocycles. The van der Waals surface area contributed by atoms with Crippen molar-refractivity contribution in [2.75, 3.05) is 45.7 Å². The van der Waals surface area contributed by atoms with Gasteiger partial charge in [0.25, 0.3) is 11.7 Å². The van der Waals surface area contributed by atoms with Crippen LogP contribution in [0.3, 0.4) is 0 Å². The van der Waals surface area contributed by atoms with E-state index in [4.69, 9.17) is 18.9 Å². The van der Waals surface area contributed by atoms with E-state index in [0.717, 1.165) is 13.1 Å². The maximum Gasteiger partial charge on any atom is 0.312 e. The minimum absolute atomic E-state index is 0.0559. The zero-order chi connectivity index (χ0) is 43.7. The minimum atomic E-state index is -2.04. The molecular weight excluding hydrogens is 764 g/mol. The van der Waals surface area contributed by atoms with Crippen LogP contribution in [0.2, 0.25) is 0 Å². The van der Waals surface area contributed by atoms with Gasteiger partial charge in [-0.2, -0.15) is 5.10 Å². The first-order valence-corrected chi connectivity index (χ1v) is 19.8. The molecule has 2 aromatic carbocycles. The van der Waals surface area contributed by atoms with Crippen molar-refractivity contribution in [1.82, 2.24) is 9.91 Å². The highest BCUT2D eigenvalue weighted by atomic mass is 16.7. The number of phenols is 3. The largest absolute Gasteiger partial charge is 0.507 e. The van der Waals surface area contributed by atoms with Gasteiger partial charge in [-0.3, -0.25) is 19.4 Å². The lowest BCUT2D eigenvalue weighted by Crippen LogP contribution is -2.46. The van der Waals surface area contributed by atoms with Crippen molar-refractivity contribution in [1.29, 1.82) is 0 Å². The fourth-order valence-corrected chi connectivity index (χ4v) is 7.92. The number of fused-ring (bicyclic) bond motifs is 14. The monoisotopic (exact) mass is 822 g/mol. The molecule has 4 aliphatic rings. The van der Waals surface area contributed by atoms with E-state index in [2.05, 4.69) is 15.3 Å². The number of benzene rings is 2. The van der Waals surface area contributed by atoms with E-state index in [1.807, 2.05) is 7.05 Å². The van der Waals surface area contributed by atoms with Crippen molar-refractivity contribution >= 4 is 40.3 Å². The molecule has 9 atom stereocenters. The van der Waals surface area contributed by atoms with Gasteiger partial charge in [0.05, 0.1) is 53.0 Å². The second kappa shape index (κ2) is 18.0. The van der Waals surface area contributed by atoms with Gasteiger partial charge in [-0.1, -0.05) is 45.9 Å². The maximum atomic E-state index is 14.4. The highest BCUT2D eigenvalue weighted by Gasteiger charge is 2.50. The summed E-state index contributed by atoms with van der Waals surface area (Å²) in [6.45, 7) is 15.1. The van der Waals surface area contributed by atoms with Gasteiger partial charge in [0.1, 0.15) is 23.4 Å². The number of amides is 1. The molecule has 0 saturated carbocycles. The summed E-state index contributed by atoms with van der Waals surface area (Å²) in [6, 6.07) is 0. The number of allylic oxidation sites excluding steroid dienone is 2. The van der Waals surface area contributed by atoms with E-state index in [9.17, 15) is 39.9 Å². The van der Waals surface area contributed by atoms with Crippen LogP contribution in [-0.4, -0.2) is 130 Å². The van der Waals surface area contributed by atoms with Crippen molar-refractivity contribution in [3.63, 3.8) is 0 Å². The van der Waals surface area contributed by atoms with Crippen LogP contribution in [0.5, 0.6) is 23.0 Å². The van der Waals surface area contributed by atoms with Crippen LogP contribution >= 0.6 is 0 Å². The van der Waals surface area contributed by atoms with E-state index >= 15 is 0 Å². The molecule has 0 aliphatic carbocycles. The molecule has 16 heteroatoms. The van der Waals surface area contributed by atoms with Gasteiger partial charge < -0.3 is 54.7 Å². The number of hydrogen-bond acceptors (Lipinski definition) is 15. The Labute approximate surface area is 344 Å². The van der Waals surface area contributed by atoms with Crippen molar-refractivity contribution in [3.05, 3.63) is 52.8 Å². The summed E-state index contributed by atoms with van der Waals surface area (Å²) >= 11 is 0. The zero-order valence-electron chi connectivity index (χ0n) is 35.3. The third-order valence-electron chi connectivity index (χ3n) is 11.9. The Hall–Kier alpha value is -5.16. The topological polar surface area (TPSA) is 220 Å². The summed E-state index contributed by atoms with van der Waals surface area (Å²) in [5.74, 6) is -8.34. The van der Waals surface area contributed by atoms with Crippen LogP contribution < -0.4 is 10.1 Å². The van der Waals surface area contributed by atoms with E-state index in [-0.39, 0.29) is 44.5 Å². The molecule has 5 bridgehead atoms. The number of ketones is 1. The first kappa shape index (κ1) is 44.9. The average Bonchev–Trinajstić information content (AvgIpc) is 3.46. The lowest BCUT2D eigenvalue weighted by Gasteiger charge is -2.38. The predicted octanol–water partition coefficient (Wildman–Crippen LogP) is 4.34. The normalized spacial score (nSPS) is 32.1. The van der Waals surface area contributed by atoms with E-state index in [1.54, 1.807) is 44.9 Å². The van der Waals surface area contributed by atoms with Crippen molar-refractivity contribution in [2.45, 2.75) is 85.6 Å². The SMILES string of the molecule is CO[C@@H]1/C=C/O[C@@]2(C)Oc3c(C)c(O)c4c(O)c(c(/C=N\N5CCN(C)CC5)c(O)c4c3C2=O)NC(=O)/C(C)=C\C=C\[C@H](C)[C@H](O)[C@H](C)[C@H](O)[C@H](C)[C@@H](OC(C)=O)[C@@H]1C. The van der Waals surface area contributed by atoms with Crippen LogP contribution in [0, 0.1) is 30.6 Å². The lowest BCUT2D eigenvalue weighted by molar-refractivity contribution is -0.160. The molecule has 59 heavy (non-hydrogen) atoms. The second-order valence-electron chi connectivity index (χ2n) is 16.1. The Morgan fingerprint density at radius 1 is 0.949 bits per heavy atom. The zero-order valence-corrected chi connectivity index (χ0v) is 35.3. The minimum Gasteiger partial charge on any atom is -0.507 e. The number of anilines is 1. The highest BCUT2D eigenvalue weighted by Crippen LogP contribution is 2.55. The third-order valence-corrected chi connectivity index (χ3v) is 11.9. The predicted molar refractivity (Wildman–Crippen MR) is 220 cm³/mol. The van der Waals surface area contributed by atoms with Gasteiger partial charge in [-0.25, -0.2) is 0 Å². The number of piperazine rings is 1. The first-order chi connectivity index (χ1) is 27.7. The molecule has 6 N–H and O–H groups in total.